The van der Waals surface area contributed by atoms with Crippen LogP contribution >= 0.6 is 7.75 Å². The minimum Gasteiger partial charge on any atom is -0.766 e. The van der Waals surface area contributed by atoms with Crippen LogP contribution in [0.15, 0.2) is 30.3 Å². The number of carbonyl (C=O) groups is 3. The van der Waals surface area contributed by atoms with Crippen LogP contribution in [0.5, 0.6) is 0 Å². The normalized spacial score (nSPS) is 14.3. The Kier molecular flexibility index (Phi) is 8.23. The van der Waals surface area contributed by atoms with Crippen molar-refractivity contribution in [2.24, 2.45) is 0 Å². The van der Waals surface area contributed by atoms with Crippen molar-refractivity contribution in [3.05, 3.63) is 35.9 Å². The lowest BCUT2D eigenvalue weighted by molar-refractivity contribution is -0.310. The Balaban J connectivity index is 2.41. The predicted molar refractivity (Wildman–Crippen MR) is 78.5 cm³/mol. The van der Waals surface area contributed by atoms with E-state index in [0.717, 1.165) is 0 Å². The smallest absolute Gasteiger partial charge is 0.251 e. The Bertz CT molecular complexity index is 651. The first-order valence-electron chi connectivity index (χ1n) is 7.18. The second-order valence-electron chi connectivity index (χ2n) is 4.86. The number of carbonyl (C=O) groups excluding carboxylic acids is 3. The van der Waals surface area contributed by atoms with Gasteiger partial charge < -0.3 is 34.5 Å². The molecule has 0 bridgehead atoms. The van der Waals surface area contributed by atoms with Gasteiger partial charge in [-0.1, -0.05) is 18.2 Å². The number of rotatable bonds is 11. The highest BCUT2D eigenvalue weighted by atomic mass is 31.2. The van der Waals surface area contributed by atoms with Gasteiger partial charge in [0.25, 0.3) is 5.91 Å². The SMILES string of the molecule is O=C([O-])CC[C@H](NP(=O)([O-])OCCNC(=O)c1ccccc1)C(=O)[O-]. The zero-order chi connectivity index (χ0) is 18.9. The van der Waals surface area contributed by atoms with Crippen molar-refractivity contribution in [2.45, 2.75) is 18.9 Å². The largest absolute Gasteiger partial charge is 0.766 e. The lowest BCUT2D eigenvalue weighted by Crippen LogP contribution is -2.46. The average Bonchev–Trinajstić information content (AvgIpc) is 2.55. The van der Waals surface area contributed by atoms with Gasteiger partial charge in [0, 0.05) is 18.1 Å². The van der Waals surface area contributed by atoms with E-state index in [-0.39, 0.29) is 6.54 Å². The third kappa shape index (κ3) is 8.41. The van der Waals surface area contributed by atoms with E-state index in [1.807, 2.05) is 0 Å². The van der Waals surface area contributed by atoms with Crippen LogP contribution in [-0.4, -0.2) is 37.0 Å². The number of amides is 1. The van der Waals surface area contributed by atoms with Crippen molar-refractivity contribution < 1.29 is 38.6 Å². The minimum absolute atomic E-state index is 0.142. The quantitative estimate of drug-likeness (QED) is 0.306. The van der Waals surface area contributed by atoms with Gasteiger partial charge in [0.1, 0.15) is 0 Å². The molecule has 1 rings (SSSR count). The third-order valence-electron chi connectivity index (χ3n) is 2.92. The standard InChI is InChI=1S/C14H19N2O8P/c17-12(18)7-6-11(14(20)21)16-25(22,23)24-9-8-15-13(19)10-4-2-1-3-5-10/h1-5,11H,6-9H2,(H,15,19)(H,17,18)(H,20,21)(H2,16,22,23)/p-3/t11-/m0/s1. The number of aliphatic carboxylic acids is 2. The fraction of sp³-hybridized carbons (Fsp3) is 0.357. The van der Waals surface area contributed by atoms with E-state index >= 15 is 0 Å². The average molecular weight is 371 g/mol. The highest BCUT2D eigenvalue weighted by Gasteiger charge is 2.17. The number of carboxylic acids is 2. The summed E-state index contributed by atoms with van der Waals surface area (Å²) in [6, 6.07) is 6.42. The van der Waals surface area contributed by atoms with Crippen LogP contribution in [-0.2, 0) is 18.7 Å². The highest BCUT2D eigenvalue weighted by molar-refractivity contribution is 7.49. The van der Waals surface area contributed by atoms with Gasteiger partial charge in [-0.3, -0.25) is 9.36 Å². The Labute approximate surface area is 143 Å². The fourth-order valence-electron chi connectivity index (χ4n) is 1.75. The second-order valence-corrected chi connectivity index (χ2v) is 6.38. The Morgan fingerprint density at radius 3 is 2.36 bits per heavy atom. The fourth-order valence-corrected chi connectivity index (χ4v) is 2.77. The molecule has 0 aliphatic heterocycles. The van der Waals surface area contributed by atoms with Crippen LogP contribution in [0.2, 0.25) is 0 Å². The van der Waals surface area contributed by atoms with E-state index in [9.17, 15) is 34.1 Å². The van der Waals surface area contributed by atoms with E-state index in [2.05, 4.69) is 9.84 Å². The van der Waals surface area contributed by atoms with E-state index < -0.39 is 51.1 Å². The lowest BCUT2D eigenvalue weighted by atomic mass is 10.2. The number of benzene rings is 1. The molecule has 1 aromatic carbocycles. The van der Waals surface area contributed by atoms with Gasteiger partial charge in [-0.2, -0.15) is 0 Å². The molecule has 138 valence electrons. The van der Waals surface area contributed by atoms with Crippen molar-refractivity contribution in [3.63, 3.8) is 0 Å². The number of carboxylic acid groups (broad SMARTS) is 2. The Morgan fingerprint density at radius 2 is 1.80 bits per heavy atom. The third-order valence-corrected chi connectivity index (χ3v) is 4.07. The van der Waals surface area contributed by atoms with E-state index in [1.54, 1.807) is 35.4 Å². The number of hydrogen-bond donors (Lipinski definition) is 2. The molecule has 1 aromatic rings. The molecule has 11 heteroatoms. The molecular weight excluding hydrogens is 355 g/mol. The molecule has 0 spiro atoms. The second kappa shape index (κ2) is 9.90. The zero-order valence-corrected chi connectivity index (χ0v) is 13.9. The Hall–Kier alpha value is -2.26. The van der Waals surface area contributed by atoms with Crippen molar-refractivity contribution in [1.29, 1.82) is 0 Å². The van der Waals surface area contributed by atoms with E-state index in [0.29, 0.717) is 5.56 Å². The first-order chi connectivity index (χ1) is 11.7. The van der Waals surface area contributed by atoms with E-state index in [4.69, 9.17) is 0 Å². The monoisotopic (exact) mass is 371 g/mol. The lowest BCUT2D eigenvalue weighted by Gasteiger charge is -2.30. The highest BCUT2D eigenvalue weighted by Crippen LogP contribution is 2.32. The zero-order valence-electron chi connectivity index (χ0n) is 13.0. The minimum atomic E-state index is -4.78. The van der Waals surface area contributed by atoms with Crippen LogP contribution < -0.4 is 25.5 Å². The molecule has 2 atom stereocenters. The number of hydrogen-bond acceptors (Lipinski definition) is 8. The summed E-state index contributed by atoms with van der Waals surface area (Å²) in [5, 5.41) is 25.2. The summed E-state index contributed by atoms with van der Waals surface area (Å²) in [5.41, 5.74) is 0.380. The van der Waals surface area contributed by atoms with Crippen molar-refractivity contribution in [3.8, 4) is 0 Å². The van der Waals surface area contributed by atoms with Gasteiger partial charge in [-0.25, -0.2) is 5.09 Å². The maximum Gasteiger partial charge on any atom is 0.251 e. The van der Waals surface area contributed by atoms with Gasteiger partial charge >= 0.3 is 0 Å². The summed E-state index contributed by atoms with van der Waals surface area (Å²) < 4.78 is 16.2. The molecule has 10 nitrogen and oxygen atoms in total. The molecular formula is C14H16N2O8P-3. The van der Waals surface area contributed by atoms with Crippen molar-refractivity contribution >= 4 is 25.6 Å². The van der Waals surface area contributed by atoms with Crippen LogP contribution in [0, 0.1) is 0 Å². The Morgan fingerprint density at radius 1 is 1.16 bits per heavy atom. The topological polar surface area (TPSA) is 171 Å². The first-order valence-corrected chi connectivity index (χ1v) is 8.73. The molecule has 25 heavy (non-hydrogen) atoms. The molecule has 0 fully saturated rings. The van der Waals surface area contributed by atoms with Gasteiger partial charge in [-0.15, -0.1) is 0 Å². The maximum atomic E-state index is 11.7. The predicted octanol–water partition coefficient (Wildman–Crippen LogP) is -2.86. The molecule has 1 unspecified atom stereocenters. The molecule has 0 saturated carbocycles. The van der Waals surface area contributed by atoms with Gasteiger partial charge in [0.2, 0.25) is 7.75 Å². The van der Waals surface area contributed by atoms with Crippen LogP contribution in [0.3, 0.4) is 0 Å². The summed E-state index contributed by atoms with van der Waals surface area (Å²) in [6.07, 6.45) is -1.22. The maximum absolute atomic E-state index is 11.7. The molecule has 0 aromatic heterocycles. The van der Waals surface area contributed by atoms with Crippen LogP contribution in [0.25, 0.3) is 0 Å². The van der Waals surface area contributed by atoms with Gasteiger partial charge in [-0.05, 0) is 25.0 Å². The van der Waals surface area contributed by atoms with Crippen LogP contribution in [0.4, 0.5) is 0 Å². The molecule has 2 N–H and O–H groups in total. The molecule has 0 radical (unpaired) electrons. The molecule has 0 aliphatic carbocycles. The molecule has 0 heterocycles. The van der Waals surface area contributed by atoms with Gasteiger partial charge in [0.15, 0.2) is 0 Å². The number of nitrogens with one attached hydrogen (secondary N) is 2. The van der Waals surface area contributed by atoms with Gasteiger partial charge in [0.05, 0.1) is 18.6 Å². The first kappa shape index (κ1) is 20.8. The molecule has 0 saturated heterocycles. The van der Waals surface area contributed by atoms with Crippen LogP contribution in [0.1, 0.15) is 23.2 Å². The summed E-state index contributed by atoms with van der Waals surface area (Å²) in [4.78, 5) is 44.5. The summed E-state index contributed by atoms with van der Waals surface area (Å²) in [5.74, 6) is -3.75. The molecule has 1 amide bonds. The van der Waals surface area contributed by atoms with E-state index in [1.165, 1.54) is 0 Å². The summed E-state index contributed by atoms with van der Waals surface area (Å²) in [6.45, 7) is -0.580. The molecule has 0 aliphatic rings. The summed E-state index contributed by atoms with van der Waals surface area (Å²) in [7, 11) is -4.78. The van der Waals surface area contributed by atoms with Crippen molar-refractivity contribution in [1.82, 2.24) is 10.4 Å². The van der Waals surface area contributed by atoms with Crippen molar-refractivity contribution in [2.75, 3.05) is 13.2 Å². The summed E-state index contributed by atoms with van der Waals surface area (Å²) >= 11 is 0.